The first kappa shape index (κ1) is 24.1. The van der Waals surface area contributed by atoms with E-state index in [1.165, 1.54) is 0 Å². The fraction of sp³-hybridized carbons (Fsp3) is 0.552. The summed E-state index contributed by atoms with van der Waals surface area (Å²) in [6.07, 6.45) is 3.95. The molecule has 4 aliphatic rings. The summed E-state index contributed by atoms with van der Waals surface area (Å²) < 4.78 is 21.5. The second-order valence-electron chi connectivity index (χ2n) is 11.2. The van der Waals surface area contributed by atoms with E-state index in [-0.39, 0.29) is 23.3 Å². The Balaban J connectivity index is 1.49. The number of amides is 1. The maximum atomic E-state index is 15.6. The zero-order chi connectivity index (χ0) is 24.7. The van der Waals surface area contributed by atoms with Gasteiger partial charge >= 0.3 is 6.09 Å². The van der Waals surface area contributed by atoms with Crippen molar-refractivity contribution in [3.05, 3.63) is 53.3 Å². The van der Waals surface area contributed by atoms with Crippen molar-refractivity contribution < 1.29 is 19.0 Å². The number of rotatable bonds is 7. The molecule has 0 saturated carbocycles. The van der Waals surface area contributed by atoms with Gasteiger partial charge in [-0.2, -0.15) is 0 Å². The lowest BCUT2D eigenvalue weighted by Gasteiger charge is -2.51. The van der Waals surface area contributed by atoms with Gasteiger partial charge in [0.25, 0.3) is 0 Å². The van der Waals surface area contributed by atoms with Gasteiger partial charge < -0.3 is 14.7 Å². The Hall–Kier alpha value is -2.60. The van der Waals surface area contributed by atoms with Gasteiger partial charge in [-0.25, -0.2) is 9.18 Å². The van der Waals surface area contributed by atoms with Crippen LogP contribution in [-0.4, -0.2) is 53.3 Å². The molecule has 35 heavy (non-hydrogen) atoms. The van der Waals surface area contributed by atoms with E-state index in [4.69, 9.17) is 4.74 Å². The van der Waals surface area contributed by atoms with Crippen LogP contribution in [-0.2, 0) is 6.42 Å². The lowest BCUT2D eigenvalue weighted by atomic mass is 9.79. The van der Waals surface area contributed by atoms with E-state index in [1.807, 2.05) is 30.3 Å². The van der Waals surface area contributed by atoms with E-state index in [0.717, 1.165) is 74.2 Å². The quantitative estimate of drug-likeness (QED) is 0.468. The summed E-state index contributed by atoms with van der Waals surface area (Å²) in [6.45, 7) is 9.90. The predicted molar refractivity (Wildman–Crippen MR) is 135 cm³/mol. The number of piperidine rings is 3. The fourth-order valence-electron chi connectivity index (χ4n) is 6.58. The van der Waals surface area contributed by atoms with E-state index >= 15 is 4.39 Å². The van der Waals surface area contributed by atoms with E-state index in [1.54, 1.807) is 11.0 Å². The highest BCUT2D eigenvalue weighted by atomic mass is 19.1. The lowest BCUT2D eigenvalue weighted by Crippen LogP contribution is -2.60. The van der Waals surface area contributed by atoms with Crippen LogP contribution < -0.4 is 4.74 Å². The molecule has 0 radical (unpaired) electrons. The average molecular weight is 481 g/mol. The first-order valence-electron chi connectivity index (χ1n) is 13.1. The Labute approximate surface area is 207 Å². The molecule has 1 aliphatic carbocycles. The third-order valence-corrected chi connectivity index (χ3v) is 8.30. The van der Waals surface area contributed by atoms with Crippen molar-refractivity contribution in [2.24, 2.45) is 11.3 Å². The molecule has 6 heteroatoms. The average Bonchev–Trinajstić information content (AvgIpc) is 3.09. The second-order valence-corrected chi connectivity index (χ2v) is 11.2. The van der Waals surface area contributed by atoms with Crippen LogP contribution in [0.25, 0.3) is 11.1 Å². The third-order valence-electron chi connectivity index (χ3n) is 8.30. The number of fused-ring (bicyclic) bond motifs is 4. The summed E-state index contributed by atoms with van der Waals surface area (Å²) in [4.78, 5) is 16.7. The van der Waals surface area contributed by atoms with Crippen molar-refractivity contribution in [1.29, 1.82) is 0 Å². The standard InChI is InChI=1S/C29H37FN2O3/c1-4-5-13-35-22-8-6-7-20(14-22)23-15-21-17-29(2,3)27(24(21)16-25(23)30)32(28(33)34)26-18-31-11-9-19(26)10-12-31/h6-8,14-16,19,26-27H,4-5,9-13,17-18H2,1-3H3,(H,33,34)/t26-,27+/m1/s1. The number of benzene rings is 2. The minimum Gasteiger partial charge on any atom is -0.494 e. The van der Waals surface area contributed by atoms with E-state index in [0.29, 0.717) is 18.1 Å². The van der Waals surface area contributed by atoms with Crippen LogP contribution in [0.1, 0.15) is 63.6 Å². The summed E-state index contributed by atoms with van der Waals surface area (Å²) in [5.41, 5.74) is 2.88. The number of carboxylic acid groups (broad SMARTS) is 1. The van der Waals surface area contributed by atoms with Gasteiger partial charge in [-0.05, 0) is 91.1 Å². The molecule has 188 valence electrons. The summed E-state index contributed by atoms with van der Waals surface area (Å²) in [5.74, 6) is 0.820. The van der Waals surface area contributed by atoms with Crippen molar-refractivity contribution in [1.82, 2.24) is 9.80 Å². The maximum absolute atomic E-state index is 15.6. The topological polar surface area (TPSA) is 53.0 Å². The molecule has 1 amide bonds. The molecular weight excluding hydrogens is 443 g/mol. The number of ether oxygens (including phenoxy) is 1. The largest absolute Gasteiger partial charge is 0.494 e. The summed E-state index contributed by atoms with van der Waals surface area (Å²) >= 11 is 0. The Bertz CT molecular complexity index is 1090. The number of carbonyl (C=O) groups is 1. The molecule has 2 atom stereocenters. The Morgan fingerprint density at radius 2 is 2.00 bits per heavy atom. The maximum Gasteiger partial charge on any atom is 0.408 e. The number of halogens is 1. The number of hydrogen-bond acceptors (Lipinski definition) is 3. The number of nitrogens with zero attached hydrogens (tertiary/aromatic N) is 2. The molecule has 0 spiro atoms. The molecule has 0 aromatic heterocycles. The Morgan fingerprint density at radius 3 is 2.66 bits per heavy atom. The van der Waals surface area contributed by atoms with Gasteiger partial charge in [0.2, 0.25) is 0 Å². The molecular formula is C29H37FN2O3. The van der Waals surface area contributed by atoms with Gasteiger partial charge in [0, 0.05) is 12.1 Å². The summed E-state index contributed by atoms with van der Waals surface area (Å²) in [5, 5.41) is 10.4. The van der Waals surface area contributed by atoms with Gasteiger partial charge in [0.05, 0.1) is 18.7 Å². The van der Waals surface area contributed by atoms with Gasteiger partial charge in [-0.3, -0.25) is 4.90 Å². The molecule has 6 rings (SSSR count). The molecule has 2 bridgehead atoms. The summed E-state index contributed by atoms with van der Waals surface area (Å²) in [7, 11) is 0. The van der Waals surface area contributed by atoms with Crippen LogP contribution in [0, 0.1) is 17.2 Å². The Morgan fingerprint density at radius 1 is 1.23 bits per heavy atom. The molecule has 3 aliphatic heterocycles. The second kappa shape index (κ2) is 9.45. The van der Waals surface area contributed by atoms with Crippen molar-refractivity contribution in [3.63, 3.8) is 0 Å². The van der Waals surface area contributed by atoms with E-state index in [9.17, 15) is 9.90 Å². The van der Waals surface area contributed by atoms with Crippen molar-refractivity contribution in [2.75, 3.05) is 26.2 Å². The van der Waals surface area contributed by atoms with Crippen LogP contribution >= 0.6 is 0 Å². The van der Waals surface area contributed by atoms with E-state index < -0.39 is 6.09 Å². The van der Waals surface area contributed by atoms with Crippen molar-refractivity contribution >= 4 is 6.09 Å². The minimum atomic E-state index is -0.893. The molecule has 3 saturated heterocycles. The van der Waals surface area contributed by atoms with Crippen LogP contribution in [0.4, 0.5) is 9.18 Å². The van der Waals surface area contributed by atoms with Gasteiger partial charge in [0.15, 0.2) is 0 Å². The first-order chi connectivity index (χ1) is 16.8. The molecule has 5 nitrogen and oxygen atoms in total. The highest BCUT2D eigenvalue weighted by molar-refractivity contribution is 5.70. The highest BCUT2D eigenvalue weighted by Gasteiger charge is 2.50. The van der Waals surface area contributed by atoms with E-state index in [2.05, 4.69) is 25.7 Å². The van der Waals surface area contributed by atoms with Crippen LogP contribution in [0.3, 0.4) is 0 Å². The predicted octanol–water partition coefficient (Wildman–Crippen LogP) is 6.37. The van der Waals surface area contributed by atoms with Gasteiger partial charge in [-0.1, -0.05) is 39.3 Å². The molecule has 2 aromatic carbocycles. The molecule has 2 aromatic rings. The lowest BCUT2D eigenvalue weighted by molar-refractivity contribution is -0.0267. The summed E-state index contributed by atoms with van der Waals surface area (Å²) in [6, 6.07) is 10.8. The van der Waals surface area contributed by atoms with Crippen molar-refractivity contribution in [3.8, 4) is 16.9 Å². The van der Waals surface area contributed by atoms with Crippen LogP contribution in [0.2, 0.25) is 0 Å². The number of unbranched alkanes of at least 4 members (excludes halogenated alkanes) is 1. The third kappa shape index (κ3) is 4.53. The number of hydrogen-bond donors (Lipinski definition) is 1. The molecule has 0 unspecified atom stereocenters. The SMILES string of the molecule is CCCCOc1cccc(-c2cc3c(cc2F)[C@H](N(C(=O)O)[C@@H]2CN4CCC2CC4)C(C)(C)C3)c1. The molecule has 1 N–H and O–H groups in total. The van der Waals surface area contributed by atoms with Gasteiger partial charge in [-0.15, -0.1) is 0 Å². The first-order valence-corrected chi connectivity index (χ1v) is 13.1. The smallest absolute Gasteiger partial charge is 0.408 e. The Kier molecular flexibility index (Phi) is 6.51. The fourth-order valence-corrected chi connectivity index (χ4v) is 6.58. The highest BCUT2D eigenvalue weighted by Crippen LogP contribution is 2.52. The van der Waals surface area contributed by atoms with Crippen LogP contribution in [0.5, 0.6) is 5.75 Å². The molecule has 3 fully saturated rings. The van der Waals surface area contributed by atoms with Crippen molar-refractivity contribution in [2.45, 2.75) is 65.0 Å². The van der Waals surface area contributed by atoms with Gasteiger partial charge in [0.1, 0.15) is 11.6 Å². The zero-order valence-corrected chi connectivity index (χ0v) is 21.1. The minimum absolute atomic E-state index is 0.0371. The van der Waals surface area contributed by atoms with Crippen LogP contribution in [0.15, 0.2) is 36.4 Å². The normalized spacial score (nSPS) is 26.4. The molecule has 3 heterocycles. The zero-order valence-electron chi connectivity index (χ0n) is 21.1. The monoisotopic (exact) mass is 480 g/mol.